The summed E-state index contributed by atoms with van der Waals surface area (Å²) in [5, 5.41) is 9.57. The molecule has 0 amide bonds. The summed E-state index contributed by atoms with van der Waals surface area (Å²) in [7, 11) is 0. The zero-order valence-electron chi connectivity index (χ0n) is 15.9. The Labute approximate surface area is 153 Å². The second-order valence-corrected chi connectivity index (χ2v) is 6.58. The summed E-state index contributed by atoms with van der Waals surface area (Å²) in [6, 6.07) is 0. The molecule has 0 aliphatic rings. The summed E-state index contributed by atoms with van der Waals surface area (Å²) in [6.45, 7) is 4.85. The average molecular weight is 353 g/mol. The zero-order chi connectivity index (χ0) is 18.8. The van der Waals surface area contributed by atoms with E-state index in [-0.39, 0.29) is 18.8 Å². The van der Waals surface area contributed by atoms with Gasteiger partial charge in [0.25, 0.3) is 0 Å². The number of hydrogen-bond donors (Lipinski definition) is 1. The van der Waals surface area contributed by atoms with Gasteiger partial charge in [-0.2, -0.15) is 0 Å². The molecule has 0 rings (SSSR count). The smallest absolute Gasteiger partial charge is 0.302 e. The molecule has 4 heteroatoms. The van der Waals surface area contributed by atoms with E-state index in [9.17, 15) is 14.7 Å². The van der Waals surface area contributed by atoms with Crippen LogP contribution in [0.2, 0.25) is 0 Å². The molecule has 0 aliphatic carbocycles. The number of carbonyl (C=O) groups excluding carboxylic acids is 2. The molecule has 0 aliphatic heterocycles. The van der Waals surface area contributed by atoms with Gasteiger partial charge in [0.2, 0.25) is 0 Å². The van der Waals surface area contributed by atoms with Crippen LogP contribution in [0.4, 0.5) is 0 Å². The van der Waals surface area contributed by atoms with Crippen LogP contribution in [0.15, 0.2) is 24.8 Å². The normalized spacial score (nSPS) is 12.2. The molecule has 0 fully saturated rings. The van der Waals surface area contributed by atoms with Gasteiger partial charge in [0.1, 0.15) is 12.4 Å². The fraction of sp³-hybridized carbons (Fsp3) is 0.714. The fourth-order valence-electron chi connectivity index (χ4n) is 2.65. The van der Waals surface area contributed by atoms with Crippen LogP contribution < -0.4 is 0 Å². The van der Waals surface area contributed by atoms with Crippen molar-refractivity contribution >= 4 is 11.8 Å². The summed E-state index contributed by atoms with van der Waals surface area (Å²) in [4.78, 5) is 22.3. The number of unbranched alkanes of at least 4 members (excludes halogenated alkanes) is 9. The highest BCUT2D eigenvalue weighted by Gasteiger charge is 2.11. The molecular weight excluding hydrogens is 316 g/mol. The van der Waals surface area contributed by atoms with Crippen LogP contribution in [-0.2, 0) is 14.3 Å². The minimum Gasteiger partial charge on any atom is -0.463 e. The highest BCUT2D eigenvalue weighted by molar-refractivity contribution is 5.78. The van der Waals surface area contributed by atoms with Crippen LogP contribution in [0.1, 0.15) is 84.0 Å². The van der Waals surface area contributed by atoms with Gasteiger partial charge >= 0.3 is 5.97 Å². The lowest BCUT2D eigenvalue weighted by Crippen LogP contribution is -2.20. The highest BCUT2D eigenvalue weighted by Crippen LogP contribution is 2.12. The largest absolute Gasteiger partial charge is 0.463 e. The lowest BCUT2D eigenvalue weighted by atomic mass is 10.0. The second kappa shape index (κ2) is 17.4. The maximum absolute atomic E-state index is 11.7. The zero-order valence-corrected chi connectivity index (χ0v) is 15.9. The van der Waals surface area contributed by atoms with Crippen LogP contribution in [0.3, 0.4) is 0 Å². The summed E-state index contributed by atoms with van der Waals surface area (Å²) < 4.78 is 4.68. The standard InChI is InChI=1S/C21H36O4/c1-3-4-5-6-7-8-9-10-11-12-13-14-15-16-20(23)17-21(24)18-25-19(2)22/h3-5,21,24H,1,6-18H2,2H3/b5-4+. The molecule has 1 unspecified atom stereocenters. The number of ketones is 1. The molecule has 0 radical (unpaired) electrons. The van der Waals surface area contributed by atoms with Gasteiger partial charge in [-0.3, -0.25) is 9.59 Å². The Morgan fingerprint density at radius 3 is 2.12 bits per heavy atom. The van der Waals surface area contributed by atoms with Crippen molar-refractivity contribution in [2.75, 3.05) is 6.61 Å². The molecule has 0 bridgehead atoms. The van der Waals surface area contributed by atoms with Gasteiger partial charge in [-0.15, -0.1) is 0 Å². The van der Waals surface area contributed by atoms with Crippen LogP contribution in [0.25, 0.3) is 0 Å². The quantitative estimate of drug-likeness (QED) is 0.230. The van der Waals surface area contributed by atoms with E-state index in [0.717, 1.165) is 19.3 Å². The van der Waals surface area contributed by atoms with Crippen molar-refractivity contribution in [1.29, 1.82) is 0 Å². The van der Waals surface area contributed by atoms with Crippen molar-refractivity contribution in [1.82, 2.24) is 0 Å². The number of ether oxygens (including phenoxy) is 1. The maximum Gasteiger partial charge on any atom is 0.302 e. The molecule has 0 heterocycles. The predicted octanol–water partition coefficient (Wildman–Crippen LogP) is 4.90. The molecule has 0 aromatic carbocycles. The number of esters is 1. The summed E-state index contributed by atoms with van der Waals surface area (Å²) in [5.41, 5.74) is 0. The molecule has 1 atom stereocenters. The van der Waals surface area contributed by atoms with E-state index in [2.05, 4.69) is 17.4 Å². The lowest BCUT2D eigenvalue weighted by Gasteiger charge is -2.09. The molecule has 144 valence electrons. The van der Waals surface area contributed by atoms with Gasteiger partial charge in [0.15, 0.2) is 0 Å². The number of aliphatic hydroxyl groups excluding tert-OH is 1. The Morgan fingerprint density at radius 1 is 1.00 bits per heavy atom. The van der Waals surface area contributed by atoms with Crippen LogP contribution in [0, 0.1) is 0 Å². The second-order valence-electron chi connectivity index (χ2n) is 6.58. The molecule has 1 N–H and O–H groups in total. The number of Topliss-reactive ketones (excluding diaryl/α,β-unsaturated/α-hetero) is 1. The summed E-state index contributed by atoms with van der Waals surface area (Å²) >= 11 is 0. The predicted molar refractivity (Wildman–Crippen MR) is 102 cm³/mol. The number of carbonyl (C=O) groups is 2. The SMILES string of the molecule is C=C/C=C/CCCCCCCCCCCC(=O)CC(O)COC(C)=O. The number of allylic oxidation sites excluding steroid dienone is 3. The van der Waals surface area contributed by atoms with E-state index in [4.69, 9.17) is 0 Å². The minimum absolute atomic E-state index is 0.0464. The summed E-state index contributed by atoms with van der Waals surface area (Å²) in [6.07, 6.45) is 17.7. The fourth-order valence-corrected chi connectivity index (χ4v) is 2.65. The van der Waals surface area contributed by atoms with Gasteiger partial charge in [-0.05, 0) is 19.3 Å². The molecule has 0 spiro atoms. The van der Waals surface area contributed by atoms with E-state index < -0.39 is 12.1 Å². The van der Waals surface area contributed by atoms with Gasteiger partial charge in [0, 0.05) is 19.8 Å². The molecular formula is C21H36O4. The van der Waals surface area contributed by atoms with Gasteiger partial charge in [0.05, 0.1) is 6.10 Å². The summed E-state index contributed by atoms with van der Waals surface area (Å²) in [5.74, 6) is -0.388. The first-order valence-corrected chi connectivity index (χ1v) is 9.67. The van der Waals surface area contributed by atoms with E-state index in [1.54, 1.807) is 0 Å². The average Bonchev–Trinajstić information content (AvgIpc) is 2.57. The number of hydrogen-bond acceptors (Lipinski definition) is 4. The van der Waals surface area contributed by atoms with E-state index in [1.807, 2.05) is 12.2 Å². The lowest BCUT2D eigenvalue weighted by molar-refractivity contribution is -0.145. The van der Waals surface area contributed by atoms with Gasteiger partial charge in [-0.25, -0.2) is 0 Å². The van der Waals surface area contributed by atoms with Crippen molar-refractivity contribution < 1.29 is 19.4 Å². The molecule has 25 heavy (non-hydrogen) atoms. The van der Waals surface area contributed by atoms with E-state index in [1.165, 1.54) is 51.9 Å². The first kappa shape index (κ1) is 23.6. The minimum atomic E-state index is -0.872. The third kappa shape index (κ3) is 18.8. The monoisotopic (exact) mass is 352 g/mol. The first-order chi connectivity index (χ1) is 12.1. The van der Waals surface area contributed by atoms with Crippen molar-refractivity contribution in [2.24, 2.45) is 0 Å². The molecule has 0 aromatic rings. The third-order valence-corrected chi connectivity index (χ3v) is 4.04. The Morgan fingerprint density at radius 2 is 1.56 bits per heavy atom. The van der Waals surface area contributed by atoms with Crippen molar-refractivity contribution in [3.8, 4) is 0 Å². The topological polar surface area (TPSA) is 63.6 Å². The van der Waals surface area contributed by atoms with Gasteiger partial charge < -0.3 is 9.84 Å². The van der Waals surface area contributed by atoms with Gasteiger partial charge in [-0.1, -0.05) is 69.8 Å². The van der Waals surface area contributed by atoms with Crippen LogP contribution in [-0.4, -0.2) is 29.6 Å². The highest BCUT2D eigenvalue weighted by atomic mass is 16.5. The third-order valence-electron chi connectivity index (χ3n) is 4.04. The number of aliphatic hydroxyl groups is 1. The molecule has 0 aromatic heterocycles. The molecule has 0 saturated carbocycles. The van der Waals surface area contributed by atoms with Crippen LogP contribution in [0.5, 0.6) is 0 Å². The Balaban J connectivity index is 3.32. The Hall–Kier alpha value is -1.42. The van der Waals surface area contributed by atoms with E-state index >= 15 is 0 Å². The molecule has 4 nitrogen and oxygen atoms in total. The van der Waals surface area contributed by atoms with Crippen LogP contribution >= 0.6 is 0 Å². The van der Waals surface area contributed by atoms with Crippen molar-refractivity contribution in [3.05, 3.63) is 24.8 Å². The van der Waals surface area contributed by atoms with E-state index in [0.29, 0.717) is 6.42 Å². The first-order valence-electron chi connectivity index (χ1n) is 9.67. The van der Waals surface area contributed by atoms with Crippen molar-refractivity contribution in [2.45, 2.75) is 90.1 Å². The van der Waals surface area contributed by atoms with Crippen molar-refractivity contribution in [3.63, 3.8) is 0 Å². The molecule has 0 saturated heterocycles. The Kier molecular flexibility index (Phi) is 16.4. The number of rotatable bonds is 17. The Bertz CT molecular complexity index is 387. The maximum atomic E-state index is 11.7.